The molecule has 1 atom stereocenters. The molecule has 3 rings (SSSR count). The predicted octanol–water partition coefficient (Wildman–Crippen LogP) is 3.31. The van der Waals surface area contributed by atoms with Crippen LogP contribution in [0.15, 0.2) is 33.7 Å². The number of nitrogens with one attached hydrogen (secondary N) is 2. The maximum absolute atomic E-state index is 12.6. The van der Waals surface area contributed by atoms with Gasteiger partial charge in [0.15, 0.2) is 0 Å². The Morgan fingerprint density at radius 2 is 2.24 bits per heavy atom. The summed E-state index contributed by atoms with van der Waals surface area (Å²) in [4.78, 5) is 13.6. The van der Waals surface area contributed by atoms with Gasteiger partial charge in [0, 0.05) is 22.8 Å². The lowest BCUT2D eigenvalue weighted by molar-refractivity contribution is 0.0942. The number of aromatic nitrogens is 1. The molecular formula is C19H25N3O2S. The highest BCUT2D eigenvalue weighted by atomic mass is 32.2. The average molecular weight is 359 g/mol. The van der Waals surface area contributed by atoms with Crippen molar-refractivity contribution in [1.29, 1.82) is 0 Å². The third-order valence-corrected chi connectivity index (χ3v) is 5.74. The molecule has 1 unspecified atom stereocenters. The van der Waals surface area contributed by atoms with Gasteiger partial charge in [-0.3, -0.25) is 4.79 Å². The van der Waals surface area contributed by atoms with Gasteiger partial charge in [0.25, 0.3) is 5.91 Å². The van der Waals surface area contributed by atoms with Gasteiger partial charge in [-0.1, -0.05) is 17.3 Å². The second-order valence-corrected chi connectivity index (χ2v) is 7.53. The molecule has 1 amide bonds. The second kappa shape index (κ2) is 8.54. The zero-order valence-corrected chi connectivity index (χ0v) is 15.6. The van der Waals surface area contributed by atoms with Crippen LogP contribution < -0.4 is 10.6 Å². The molecule has 1 aliphatic rings. The summed E-state index contributed by atoms with van der Waals surface area (Å²) >= 11 is 1.65. The van der Waals surface area contributed by atoms with E-state index >= 15 is 0 Å². The van der Waals surface area contributed by atoms with E-state index in [0.717, 1.165) is 52.9 Å². The third kappa shape index (κ3) is 4.64. The lowest BCUT2D eigenvalue weighted by Crippen LogP contribution is -2.38. The molecule has 2 heterocycles. The average Bonchev–Trinajstić information content (AvgIpc) is 2.97. The summed E-state index contributed by atoms with van der Waals surface area (Å²) in [6, 6.07) is 7.78. The van der Waals surface area contributed by atoms with Crippen LogP contribution in [0.1, 0.15) is 40.2 Å². The molecule has 0 saturated carbocycles. The summed E-state index contributed by atoms with van der Waals surface area (Å²) in [5, 5.41) is 10.5. The zero-order chi connectivity index (χ0) is 17.6. The van der Waals surface area contributed by atoms with E-state index in [0.29, 0.717) is 5.92 Å². The summed E-state index contributed by atoms with van der Waals surface area (Å²) in [7, 11) is 0. The van der Waals surface area contributed by atoms with E-state index in [2.05, 4.69) is 15.8 Å². The number of carbonyl (C=O) groups is 1. The quantitative estimate of drug-likeness (QED) is 0.775. The number of hydrogen-bond donors (Lipinski definition) is 2. The molecule has 1 fully saturated rings. The highest BCUT2D eigenvalue weighted by Crippen LogP contribution is 2.28. The molecule has 0 bridgehead atoms. The number of thioether (sulfide) groups is 1. The van der Waals surface area contributed by atoms with E-state index in [1.807, 2.05) is 38.1 Å². The van der Waals surface area contributed by atoms with Crippen molar-refractivity contribution in [3.8, 4) is 0 Å². The minimum atomic E-state index is 0.00689. The van der Waals surface area contributed by atoms with Gasteiger partial charge in [0.1, 0.15) is 5.76 Å². The predicted molar refractivity (Wildman–Crippen MR) is 99.9 cm³/mol. The first-order chi connectivity index (χ1) is 12.1. The van der Waals surface area contributed by atoms with Gasteiger partial charge in [-0.2, -0.15) is 0 Å². The largest absolute Gasteiger partial charge is 0.361 e. The molecule has 0 spiro atoms. The maximum atomic E-state index is 12.6. The highest BCUT2D eigenvalue weighted by molar-refractivity contribution is 7.98. The fourth-order valence-electron chi connectivity index (χ4n) is 3.07. The molecule has 2 N–H and O–H groups in total. The van der Waals surface area contributed by atoms with Crippen molar-refractivity contribution in [2.24, 2.45) is 5.92 Å². The molecule has 1 aromatic carbocycles. The molecule has 25 heavy (non-hydrogen) atoms. The van der Waals surface area contributed by atoms with Gasteiger partial charge in [-0.15, -0.1) is 11.8 Å². The van der Waals surface area contributed by atoms with Gasteiger partial charge in [-0.25, -0.2) is 0 Å². The van der Waals surface area contributed by atoms with Crippen molar-refractivity contribution >= 4 is 17.7 Å². The Morgan fingerprint density at radius 1 is 1.40 bits per heavy atom. The standard InChI is InChI=1S/C19H25N3O2S/c1-13-17(14(2)24-22-13)12-25-18-8-4-3-7-16(18)19(23)21-11-15-6-5-9-20-10-15/h3-4,7-8,15,20H,5-6,9-12H2,1-2H3,(H,21,23). The van der Waals surface area contributed by atoms with Crippen LogP contribution in [0.25, 0.3) is 0 Å². The number of rotatable bonds is 6. The van der Waals surface area contributed by atoms with Crippen LogP contribution in [-0.2, 0) is 5.75 Å². The first kappa shape index (κ1) is 18.0. The molecule has 1 saturated heterocycles. The number of benzene rings is 1. The maximum Gasteiger partial charge on any atom is 0.252 e. The second-order valence-electron chi connectivity index (χ2n) is 6.51. The minimum Gasteiger partial charge on any atom is -0.361 e. The Balaban J connectivity index is 1.62. The molecule has 0 aliphatic carbocycles. The van der Waals surface area contributed by atoms with Crippen LogP contribution in [0.5, 0.6) is 0 Å². The number of piperidine rings is 1. The SMILES string of the molecule is Cc1noc(C)c1CSc1ccccc1C(=O)NCC1CCCNC1. The van der Waals surface area contributed by atoms with E-state index in [-0.39, 0.29) is 5.91 Å². The Morgan fingerprint density at radius 3 is 2.96 bits per heavy atom. The van der Waals surface area contributed by atoms with Crippen LogP contribution in [0.4, 0.5) is 0 Å². The first-order valence-electron chi connectivity index (χ1n) is 8.77. The Kier molecular flexibility index (Phi) is 6.15. The normalized spacial score (nSPS) is 17.4. The number of carbonyl (C=O) groups excluding carboxylic acids is 1. The lowest BCUT2D eigenvalue weighted by atomic mass is 10.00. The summed E-state index contributed by atoms with van der Waals surface area (Å²) in [5.74, 6) is 2.13. The summed E-state index contributed by atoms with van der Waals surface area (Å²) in [6.07, 6.45) is 2.36. The molecule has 1 aliphatic heterocycles. The van der Waals surface area contributed by atoms with Crippen molar-refractivity contribution in [2.75, 3.05) is 19.6 Å². The van der Waals surface area contributed by atoms with E-state index in [4.69, 9.17) is 4.52 Å². The van der Waals surface area contributed by atoms with Crippen molar-refractivity contribution in [3.05, 3.63) is 46.8 Å². The molecule has 1 aromatic heterocycles. The number of amides is 1. The zero-order valence-electron chi connectivity index (χ0n) is 14.8. The van der Waals surface area contributed by atoms with Gasteiger partial charge in [0.2, 0.25) is 0 Å². The molecule has 0 radical (unpaired) electrons. The van der Waals surface area contributed by atoms with Crippen molar-refractivity contribution < 1.29 is 9.32 Å². The van der Waals surface area contributed by atoms with E-state index in [1.54, 1.807) is 11.8 Å². The van der Waals surface area contributed by atoms with Gasteiger partial charge < -0.3 is 15.2 Å². The third-order valence-electron chi connectivity index (χ3n) is 4.64. The number of aryl methyl sites for hydroxylation is 2. The van der Waals surface area contributed by atoms with Crippen molar-refractivity contribution in [2.45, 2.75) is 37.3 Å². The van der Waals surface area contributed by atoms with E-state index in [9.17, 15) is 4.79 Å². The number of hydrogen-bond acceptors (Lipinski definition) is 5. The highest BCUT2D eigenvalue weighted by Gasteiger charge is 2.17. The van der Waals surface area contributed by atoms with Crippen LogP contribution >= 0.6 is 11.8 Å². The molecule has 2 aromatic rings. The van der Waals surface area contributed by atoms with E-state index in [1.165, 1.54) is 12.8 Å². The van der Waals surface area contributed by atoms with Crippen molar-refractivity contribution in [1.82, 2.24) is 15.8 Å². The number of nitrogens with zero attached hydrogens (tertiary/aromatic N) is 1. The van der Waals surface area contributed by atoms with Crippen LogP contribution in [0, 0.1) is 19.8 Å². The van der Waals surface area contributed by atoms with E-state index < -0.39 is 0 Å². The first-order valence-corrected chi connectivity index (χ1v) is 9.76. The van der Waals surface area contributed by atoms with Crippen molar-refractivity contribution in [3.63, 3.8) is 0 Å². The minimum absolute atomic E-state index is 0.00689. The molecule has 6 heteroatoms. The Bertz CT molecular complexity index is 704. The van der Waals surface area contributed by atoms with Gasteiger partial charge in [0.05, 0.1) is 11.3 Å². The van der Waals surface area contributed by atoms with Crippen LogP contribution in [-0.4, -0.2) is 30.7 Å². The fraction of sp³-hybridized carbons (Fsp3) is 0.474. The summed E-state index contributed by atoms with van der Waals surface area (Å²) < 4.78 is 5.22. The van der Waals surface area contributed by atoms with Gasteiger partial charge >= 0.3 is 0 Å². The lowest BCUT2D eigenvalue weighted by Gasteiger charge is -2.23. The Hall–Kier alpha value is -1.79. The monoisotopic (exact) mass is 359 g/mol. The van der Waals surface area contributed by atoms with Gasteiger partial charge in [-0.05, 0) is 57.8 Å². The summed E-state index contributed by atoms with van der Waals surface area (Å²) in [5.41, 5.74) is 2.76. The fourth-order valence-corrected chi connectivity index (χ4v) is 4.27. The molecular weight excluding hydrogens is 334 g/mol. The molecule has 134 valence electrons. The summed E-state index contributed by atoms with van der Waals surface area (Å²) in [6.45, 7) is 6.68. The molecule has 5 nitrogen and oxygen atoms in total. The topological polar surface area (TPSA) is 67.2 Å². The Labute approximate surface area is 152 Å². The van der Waals surface area contributed by atoms with Crippen LogP contribution in [0.3, 0.4) is 0 Å². The smallest absolute Gasteiger partial charge is 0.252 e. The van der Waals surface area contributed by atoms with Crippen LogP contribution in [0.2, 0.25) is 0 Å².